The molecule has 1 aliphatic carbocycles. The predicted molar refractivity (Wildman–Crippen MR) is 110 cm³/mol. The fraction of sp³-hybridized carbons (Fsp3) is 0.619. The zero-order valence-electron chi connectivity index (χ0n) is 15.8. The van der Waals surface area contributed by atoms with E-state index in [0.29, 0.717) is 11.1 Å². The summed E-state index contributed by atoms with van der Waals surface area (Å²) in [5.74, 6) is 1.11. The molecule has 4 rings (SSSR count). The summed E-state index contributed by atoms with van der Waals surface area (Å²) in [6, 6.07) is 6.05. The monoisotopic (exact) mass is 388 g/mol. The zero-order chi connectivity index (χ0) is 18.6. The van der Waals surface area contributed by atoms with Crippen molar-refractivity contribution in [2.75, 3.05) is 18.0 Å². The summed E-state index contributed by atoms with van der Waals surface area (Å²) in [4.78, 5) is 23.1. The van der Waals surface area contributed by atoms with Crippen molar-refractivity contribution >= 4 is 34.5 Å². The van der Waals surface area contributed by atoms with Crippen LogP contribution in [0.3, 0.4) is 0 Å². The second-order valence-electron chi connectivity index (χ2n) is 8.06. The Balaban J connectivity index is 1.39. The van der Waals surface area contributed by atoms with Crippen LogP contribution >= 0.6 is 11.6 Å². The van der Waals surface area contributed by atoms with Crippen LogP contribution in [0.1, 0.15) is 57.8 Å². The number of halogens is 1. The van der Waals surface area contributed by atoms with Crippen LogP contribution in [-0.2, 0) is 4.79 Å². The zero-order valence-corrected chi connectivity index (χ0v) is 16.6. The number of aromatic amines is 1. The average Bonchev–Trinajstić information content (AvgIpc) is 3.07. The molecule has 27 heavy (non-hydrogen) atoms. The highest BCUT2D eigenvalue weighted by atomic mass is 35.5. The molecule has 2 N–H and O–H groups in total. The number of nitrogens with zero attached hydrogens (tertiary/aromatic N) is 2. The van der Waals surface area contributed by atoms with Crippen molar-refractivity contribution in [3.63, 3.8) is 0 Å². The molecule has 1 saturated carbocycles. The molecular formula is C21H29ClN4O. The first kappa shape index (κ1) is 18.6. The first-order valence-corrected chi connectivity index (χ1v) is 10.8. The lowest BCUT2D eigenvalue weighted by Crippen LogP contribution is -2.46. The van der Waals surface area contributed by atoms with Crippen molar-refractivity contribution in [2.24, 2.45) is 5.92 Å². The fourth-order valence-electron chi connectivity index (χ4n) is 4.42. The Bertz CT molecular complexity index is 782. The van der Waals surface area contributed by atoms with Crippen molar-refractivity contribution in [2.45, 2.75) is 63.8 Å². The summed E-state index contributed by atoms with van der Waals surface area (Å²) < 4.78 is 0. The number of imidazole rings is 1. The lowest BCUT2D eigenvalue weighted by Gasteiger charge is -2.33. The average molecular weight is 389 g/mol. The third kappa shape index (κ3) is 4.57. The summed E-state index contributed by atoms with van der Waals surface area (Å²) in [6.45, 7) is 1.66. The van der Waals surface area contributed by atoms with Crippen LogP contribution in [0.5, 0.6) is 0 Å². The van der Waals surface area contributed by atoms with Gasteiger partial charge in [-0.1, -0.05) is 43.7 Å². The van der Waals surface area contributed by atoms with E-state index >= 15 is 0 Å². The highest BCUT2D eigenvalue weighted by Crippen LogP contribution is 2.26. The Hall–Kier alpha value is -1.75. The summed E-state index contributed by atoms with van der Waals surface area (Å²) in [7, 11) is 0. The molecule has 5 nitrogen and oxygen atoms in total. The maximum atomic E-state index is 12.9. The van der Waals surface area contributed by atoms with E-state index in [9.17, 15) is 4.79 Å². The molecule has 1 aliphatic heterocycles. The molecule has 6 heteroatoms. The predicted octanol–water partition coefficient (Wildman–Crippen LogP) is 4.66. The van der Waals surface area contributed by atoms with E-state index in [2.05, 4.69) is 20.2 Å². The first-order valence-electron chi connectivity index (χ1n) is 10.4. The highest BCUT2D eigenvalue weighted by Gasteiger charge is 2.28. The second-order valence-corrected chi connectivity index (χ2v) is 8.49. The van der Waals surface area contributed by atoms with E-state index < -0.39 is 0 Å². The molecule has 0 radical (unpaired) electrons. The van der Waals surface area contributed by atoms with Gasteiger partial charge in [-0.3, -0.25) is 4.79 Å². The Morgan fingerprint density at radius 3 is 2.70 bits per heavy atom. The molecule has 146 valence electrons. The Morgan fingerprint density at radius 1 is 1.11 bits per heavy atom. The molecule has 1 saturated heterocycles. The van der Waals surface area contributed by atoms with E-state index in [1.165, 1.54) is 32.1 Å². The van der Waals surface area contributed by atoms with Gasteiger partial charge in [0, 0.05) is 24.2 Å². The number of carbonyl (C=O) groups is 1. The van der Waals surface area contributed by atoms with Gasteiger partial charge in [0.05, 0.1) is 17.0 Å². The largest absolute Gasteiger partial charge is 0.353 e. The van der Waals surface area contributed by atoms with Crippen molar-refractivity contribution in [3.8, 4) is 0 Å². The number of aromatic nitrogens is 2. The number of rotatable bonds is 3. The van der Waals surface area contributed by atoms with E-state index in [1.54, 1.807) is 0 Å². The number of anilines is 1. The standard InChI is InChI=1S/C21H29ClN4O/c22-16-10-11-18-19(13-16)25-21(24-18)26-12-6-7-15(14-26)20(27)23-17-8-4-2-1-3-5-9-17/h10-11,13,15,17H,1-9,12,14H2,(H,23,27)(H,24,25)/t15-/m1/s1. The third-order valence-electron chi connectivity index (χ3n) is 5.97. The Kier molecular flexibility index (Phi) is 5.86. The minimum atomic E-state index is 0.0426. The minimum absolute atomic E-state index is 0.0426. The summed E-state index contributed by atoms with van der Waals surface area (Å²) >= 11 is 6.08. The van der Waals surface area contributed by atoms with Crippen LogP contribution in [0.15, 0.2) is 18.2 Å². The molecule has 0 spiro atoms. The number of nitrogens with one attached hydrogen (secondary N) is 2. The highest BCUT2D eigenvalue weighted by molar-refractivity contribution is 6.31. The number of benzene rings is 1. The lowest BCUT2D eigenvalue weighted by atomic mass is 9.94. The van der Waals surface area contributed by atoms with Gasteiger partial charge in [0.2, 0.25) is 11.9 Å². The number of hydrogen-bond acceptors (Lipinski definition) is 3. The van der Waals surface area contributed by atoms with E-state index in [4.69, 9.17) is 11.6 Å². The van der Waals surface area contributed by atoms with Crippen LogP contribution in [-0.4, -0.2) is 35.0 Å². The Labute approximate surface area is 165 Å². The van der Waals surface area contributed by atoms with Crippen LogP contribution in [0.25, 0.3) is 11.0 Å². The number of amides is 1. The van der Waals surface area contributed by atoms with Gasteiger partial charge >= 0.3 is 0 Å². The minimum Gasteiger partial charge on any atom is -0.353 e. The molecule has 2 aromatic rings. The molecule has 2 heterocycles. The molecule has 0 unspecified atom stereocenters. The van der Waals surface area contributed by atoms with Crippen LogP contribution in [0.4, 0.5) is 5.95 Å². The van der Waals surface area contributed by atoms with Crippen molar-refractivity contribution in [3.05, 3.63) is 23.2 Å². The number of hydrogen-bond donors (Lipinski definition) is 2. The molecule has 0 bridgehead atoms. The lowest BCUT2D eigenvalue weighted by molar-refractivity contribution is -0.126. The van der Waals surface area contributed by atoms with Gasteiger partial charge < -0.3 is 15.2 Å². The topological polar surface area (TPSA) is 61.0 Å². The first-order chi connectivity index (χ1) is 13.2. The van der Waals surface area contributed by atoms with Gasteiger partial charge in [-0.15, -0.1) is 0 Å². The van der Waals surface area contributed by atoms with E-state index in [1.807, 2.05) is 18.2 Å². The quantitative estimate of drug-likeness (QED) is 0.803. The number of fused-ring (bicyclic) bond motifs is 1. The third-order valence-corrected chi connectivity index (χ3v) is 6.21. The normalized spacial score (nSPS) is 22.4. The molecule has 1 aromatic carbocycles. The van der Waals surface area contributed by atoms with Gasteiger partial charge in [-0.25, -0.2) is 4.98 Å². The van der Waals surface area contributed by atoms with Crippen LogP contribution in [0.2, 0.25) is 5.02 Å². The van der Waals surface area contributed by atoms with Crippen molar-refractivity contribution in [1.82, 2.24) is 15.3 Å². The van der Waals surface area contributed by atoms with E-state index in [-0.39, 0.29) is 11.8 Å². The molecule has 1 amide bonds. The number of carbonyl (C=O) groups excluding carboxylic acids is 1. The number of piperidine rings is 1. The summed E-state index contributed by atoms with van der Waals surface area (Å²) in [5.41, 5.74) is 1.86. The second kappa shape index (κ2) is 8.51. The van der Waals surface area contributed by atoms with Crippen molar-refractivity contribution < 1.29 is 4.79 Å². The molecule has 1 aromatic heterocycles. The fourth-order valence-corrected chi connectivity index (χ4v) is 4.59. The molecule has 2 fully saturated rings. The molecule has 2 aliphatic rings. The summed E-state index contributed by atoms with van der Waals surface area (Å²) in [6.07, 6.45) is 10.7. The number of H-pyrrole nitrogens is 1. The molecule has 1 atom stereocenters. The van der Waals surface area contributed by atoms with Gasteiger partial charge in [-0.2, -0.15) is 0 Å². The van der Waals surface area contributed by atoms with Gasteiger partial charge in [0.15, 0.2) is 0 Å². The van der Waals surface area contributed by atoms with E-state index in [0.717, 1.165) is 55.8 Å². The maximum absolute atomic E-state index is 12.9. The maximum Gasteiger partial charge on any atom is 0.225 e. The van der Waals surface area contributed by atoms with Crippen molar-refractivity contribution in [1.29, 1.82) is 0 Å². The van der Waals surface area contributed by atoms with Crippen LogP contribution < -0.4 is 10.2 Å². The molecular weight excluding hydrogens is 360 g/mol. The van der Waals surface area contributed by atoms with Gasteiger partial charge in [-0.05, 0) is 43.9 Å². The Morgan fingerprint density at radius 2 is 1.89 bits per heavy atom. The van der Waals surface area contributed by atoms with Gasteiger partial charge in [0.25, 0.3) is 0 Å². The van der Waals surface area contributed by atoms with Gasteiger partial charge in [0.1, 0.15) is 0 Å². The summed E-state index contributed by atoms with van der Waals surface area (Å²) in [5, 5.41) is 4.05. The SMILES string of the molecule is O=C(NC1CCCCCCC1)[C@@H]1CCCN(c2nc3ccc(Cl)cc3[nH]2)C1. The van der Waals surface area contributed by atoms with Crippen LogP contribution in [0, 0.1) is 5.92 Å². The smallest absolute Gasteiger partial charge is 0.225 e.